The number of benzene rings is 1. The van der Waals surface area contributed by atoms with Gasteiger partial charge in [-0.25, -0.2) is 9.67 Å². The molecule has 4 nitrogen and oxygen atoms in total. The van der Waals surface area contributed by atoms with Crippen LogP contribution in [0.15, 0.2) is 24.5 Å². The summed E-state index contributed by atoms with van der Waals surface area (Å²) in [4.78, 5) is 4.08. The summed E-state index contributed by atoms with van der Waals surface area (Å²) in [6.45, 7) is 3.93. The highest BCUT2D eigenvalue weighted by molar-refractivity contribution is 5.50. The fraction of sp³-hybridized carbons (Fsp3) is 0.200. The number of nitrogens with two attached hydrogens (primary N) is 1. The Labute approximate surface area is 82.4 Å². The smallest absolute Gasteiger partial charge is 0.138 e. The maximum Gasteiger partial charge on any atom is 0.138 e. The molecule has 72 valence electrons. The molecule has 0 radical (unpaired) electrons. The predicted octanol–water partition coefficient (Wildman–Crippen LogP) is 1.47. The van der Waals surface area contributed by atoms with E-state index < -0.39 is 0 Å². The van der Waals surface area contributed by atoms with Crippen molar-refractivity contribution in [3.05, 3.63) is 35.9 Å². The number of aryl methyl sites for hydroxylation is 2. The maximum absolute atomic E-state index is 5.67. The van der Waals surface area contributed by atoms with E-state index in [0.29, 0.717) is 0 Å². The van der Waals surface area contributed by atoms with Gasteiger partial charge in [0.1, 0.15) is 12.2 Å². The number of hydrogen-bond acceptors (Lipinski definition) is 3. The molecule has 1 aromatic carbocycles. The predicted molar refractivity (Wildman–Crippen MR) is 55.2 cm³/mol. The van der Waals surface area contributed by atoms with Crippen LogP contribution in [0.1, 0.15) is 11.4 Å². The van der Waals surface area contributed by atoms with E-state index in [0.717, 1.165) is 22.8 Å². The van der Waals surface area contributed by atoms with E-state index >= 15 is 0 Å². The van der Waals surface area contributed by atoms with Crippen molar-refractivity contribution in [2.24, 2.45) is 0 Å². The third kappa shape index (κ3) is 1.35. The minimum atomic E-state index is 0.768. The third-order valence-electron chi connectivity index (χ3n) is 2.17. The monoisotopic (exact) mass is 188 g/mol. The molecule has 0 saturated carbocycles. The van der Waals surface area contributed by atoms with Crippen LogP contribution in [-0.4, -0.2) is 14.8 Å². The maximum atomic E-state index is 5.67. The SMILES string of the molecule is Cc1cc(N)ccc1-n1ncnc1C. The molecule has 1 heterocycles. The Morgan fingerprint density at radius 3 is 2.64 bits per heavy atom. The lowest BCUT2D eigenvalue weighted by molar-refractivity contribution is 0.834. The molecule has 2 aromatic rings. The minimum absolute atomic E-state index is 0.768. The van der Waals surface area contributed by atoms with Gasteiger partial charge in [0.15, 0.2) is 0 Å². The van der Waals surface area contributed by atoms with Gasteiger partial charge in [-0.15, -0.1) is 0 Å². The van der Waals surface area contributed by atoms with E-state index in [1.54, 1.807) is 11.0 Å². The lowest BCUT2D eigenvalue weighted by Gasteiger charge is -2.07. The van der Waals surface area contributed by atoms with E-state index in [1.165, 1.54) is 0 Å². The highest BCUT2D eigenvalue weighted by Gasteiger charge is 2.04. The summed E-state index contributed by atoms with van der Waals surface area (Å²) >= 11 is 0. The van der Waals surface area contributed by atoms with Gasteiger partial charge in [-0.3, -0.25) is 0 Å². The van der Waals surface area contributed by atoms with Crippen molar-refractivity contribution in [2.45, 2.75) is 13.8 Å². The van der Waals surface area contributed by atoms with Gasteiger partial charge in [0, 0.05) is 5.69 Å². The van der Waals surface area contributed by atoms with Gasteiger partial charge >= 0.3 is 0 Å². The van der Waals surface area contributed by atoms with Crippen LogP contribution < -0.4 is 5.73 Å². The molecule has 0 unspecified atom stereocenters. The Balaban J connectivity index is 2.58. The summed E-state index contributed by atoms with van der Waals surface area (Å²) in [6, 6.07) is 5.74. The number of nitrogens with zero attached hydrogens (tertiary/aromatic N) is 3. The summed E-state index contributed by atoms with van der Waals surface area (Å²) < 4.78 is 1.80. The molecule has 0 spiro atoms. The molecule has 14 heavy (non-hydrogen) atoms. The molecule has 4 heteroatoms. The molecular formula is C10H12N4. The second kappa shape index (κ2) is 3.14. The van der Waals surface area contributed by atoms with Gasteiger partial charge < -0.3 is 5.73 Å². The first-order valence-corrected chi connectivity index (χ1v) is 4.41. The second-order valence-electron chi connectivity index (χ2n) is 3.26. The lowest BCUT2D eigenvalue weighted by atomic mass is 10.2. The van der Waals surface area contributed by atoms with E-state index in [1.807, 2.05) is 32.0 Å². The molecule has 0 bridgehead atoms. The first-order chi connectivity index (χ1) is 6.68. The first kappa shape index (κ1) is 8.74. The summed E-state index contributed by atoms with van der Waals surface area (Å²) in [6.07, 6.45) is 1.55. The molecule has 0 aliphatic heterocycles. The Hall–Kier alpha value is -1.84. The van der Waals surface area contributed by atoms with Crippen molar-refractivity contribution in [1.82, 2.24) is 14.8 Å². The van der Waals surface area contributed by atoms with Crippen molar-refractivity contribution >= 4 is 5.69 Å². The molecule has 0 fully saturated rings. The molecule has 0 saturated heterocycles. The van der Waals surface area contributed by atoms with E-state index in [4.69, 9.17) is 5.73 Å². The summed E-state index contributed by atoms with van der Waals surface area (Å²) in [7, 11) is 0. The van der Waals surface area contributed by atoms with Crippen LogP contribution in [0, 0.1) is 13.8 Å². The van der Waals surface area contributed by atoms with Crippen molar-refractivity contribution in [2.75, 3.05) is 5.73 Å². The number of nitrogen functional groups attached to an aromatic ring is 1. The van der Waals surface area contributed by atoms with Crippen molar-refractivity contribution in [3.63, 3.8) is 0 Å². The molecule has 1 aromatic heterocycles. The van der Waals surface area contributed by atoms with Gasteiger partial charge in [0.2, 0.25) is 0 Å². The average molecular weight is 188 g/mol. The lowest BCUT2D eigenvalue weighted by Crippen LogP contribution is -2.02. The quantitative estimate of drug-likeness (QED) is 0.689. The van der Waals surface area contributed by atoms with Crippen molar-refractivity contribution < 1.29 is 0 Å². The average Bonchev–Trinajstić information content (AvgIpc) is 2.52. The van der Waals surface area contributed by atoms with E-state index in [-0.39, 0.29) is 0 Å². The zero-order valence-electron chi connectivity index (χ0n) is 8.23. The van der Waals surface area contributed by atoms with Crippen LogP contribution in [0.5, 0.6) is 0 Å². The molecule has 2 rings (SSSR count). The van der Waals surface area contributed by atoms with E-state index in [2.05, 4.69) is 10.1 Å². The van der Waals surface area contributed by atoms with E-state index in [9.17, 15) is 0 Å². The zero-order valence-corrected chi connectivity index (χ0v) is 8.23. The Kier molecular flexibility index (Phi) is 1.96. The standard InChI is InChI=1S/C10H12N4/c1-7-5-9(11)3-4-10(7)14-8(2)12-6-13-14/h3-6H,11H2,1-2H3. The van der Waals surface area contributed by atoms with Crippen LogP contribution in [0.2, 0.25) is 0 Å². The van der Waals surface area contributed by atoms with Crippen LogP contribution in [0.4, 0.5) is 5.69 Å². The Morgan fingerprint density at radius 2 is 2.07 bits per heavy atom. The third-order valence-corrected chi connectivity index (χ3v) is 2.17. The number of aromatic nitrogens is 3. The Bertz CT molecular complexity index is 459. The summed E-state index contributed by atoms with van der Waals surface area (Å²) in [5.74, 6) is 0.873. The highest BCUT2D eigenvalue weighted by atomic mass is 15.3. The summed E-state index contributed by atoms with van der Waals surface area (Å²) in [5, 5.41) is 4.14. The largest absolute Gasteiger partial charge is 0.399 e. The van der Waals surface area contributed by atoms with Crippen molar-refractivity contribution in [3.8, 4) is 5.69 Å². The minimum Gasteiger partial charge on any atom is -0.399 e. The Morgan fingerprint density at radius 1 is 1.29 bits per heavy atom. The van der Waals surface area contributed by atoms with Crippen LogP contribution in [-0.2, 0) is 0 Å². The van der Waals surface area contributed by atoms with Gasteiger partial charge in [0.25, 0.3) is 0 Å². The normalized spacial score (nSPS) is 10.4. The first-order valence-electron chi connectivity index (χ1n) is 4.41. The number of hydrogen-bond donors (Lipinski definition) is 1. The zero-order chi connectivity index (χ0) is 10.1. The van der Waals surface area contributed by atoms with Gasteiger partial charge in [-0.2, -0.15) is 5.10 Å². The number of anilines is 1. The molecular weight excluding hydrogens is 176 g/mol. The second-order valence-corrected chi connectivity index (χ2v) is 3.26. The van der Waals surface area contributed by atoms with Crippen LogP contribution >= 0.6 is 0 Å². The van der Waals surface area contributed by atoms with Crippen LogP contribution in [0.3, 0.4) is 0 Å². The molecule has 0 aliphatic carbocycles. The van der Waals surface area contributed by atoms with Crippen molar-refractivity contribution in [1.29, 1.82) is 0 Å². The fourth-order valence-electron chi connectivity index (χ4n) is 1.45. The van der Waals surface area contributed by atoms with Gasteiger partial charge in [-0.1, -0.05) is 0 Å². The molecule has 0 amide bonds. The number of rotatable bonds is 1. The summed E-state index contributed by atoms with van der Waals surface area (Å²) in [5.41, 5.74) is 8.56. The highest BCUT2D eigenvalue weighted by Crippen LogP contribution is 2.16. The topological polar surface area (TPSA) is 56.7 Å². The molecule has 0 atom stereocenters. The molecule has 2 N–H and O–H groups in total. The van der Waals surface area contributed by atoms with Gasteiger partial charge in [0.05, 0.1) is 5.69 Å². The van der Waals surface area contributed by atoms with Crippen LogP contribution in [0.25, 0.3) is 5.69 Å². The fourth-order valence-corrected chi connectivity index (χ4v) is 1.45. The van der Waals surface area contributed by atoms with Gasteiger partial charge in [-0.05, 0) is 37.6 Å². The molecule has 0 aliphatic rings.